The molecule has 2 rings (SSSR count). The van der Waals surface area contributed by atoms with Gasteiger partial charge >= 0.3 is 0 Å². The third-order valence-corrected chi connectivity index (χ3v) is 7.84. The van der Waals surface area contributed by atoms with Gasteiger partial charge in [0.05, 0.1) is 16.4 Å². The first-order valence-electron chi connectivity index (χ1n) is 7.47. The van der Waals surface area contributed by atoms with Crippen molar-refractivity contribution >= 4 is 19.9 Å². The van der Waals surface area contributed by atoms with Crippen molar-refractivity contribution in [2.24, 2.45) is 0 Å². The zero-order valence-electron chi connectivity index (χ0n) is 13.2. The van der Waals surface area contributed by atoms with Gasteiger partial charge in [-0.1, -0.05) is 13.0 Å². The summed E-state index contributed by atoms with van der Waals surface area (Å²) in [5, 5.41) is 0. The van der Waals surface area contributed by atoms with Crippen molar-refractivity contribution in [2.45, 2.75) is 44.6 Å². The van der Waals surface area contributed by atoms with E-state index in [4.69, 9.17) is 0 Å². The van der Waals surface area contributed by atoms with Crippen molar-refractivity contribution in [2.75, 3.05) is 18.1 Å². The number of nitrogens with zero attached hydrogens (tertiary/aromatic N) is 1. The molecule has 0 radical (unpaired) electrons. The van der Waals surface area contributed by atoms with E-state index in [-0.39, 0.29) is 16.4 Å². The number of aryl methyl sites for hydroxylation is 2. The van der Waals surface area contributed by atoms with Crippen LogP contribution in [0.1, 0.15) is 30.9 Å². The maximum atomic E-state index is 12.9. The van der Waals surface area contributed by atoms with E-state index in [2.05, 4.69) is 0 Å². The molecule has 0 bridgehead atoms. The SMILES string of the molecule is CCCN([C@H]1CCS(=O)(=O)C1)S(=O)(=O)c1ccc(C)c(C)c1. The second kappa shape index (κ2) is 6.29. The van der Waals surface area contributed by atoms with Crippen LogP contribution in [0.4, 0.5) is 0 Å². The van der Waals surface area contributed by atoms with Crippen molar-refractivity contribution in [3.63, 3.8) is 0 Å². The Hall–Kier alpha value is -0.920. The average Bonchev–Trinajstić information content (AvgIpc) is 2.78. The lowest BCUT2D eigenvalue weighted by Gasteiger charge is -2.27. The molecule has 0 saturated carbocycles. The molecule has 1 aromatic rings. The summed E-state index contributed by atoms with van der Waals surface area (Å²) in [4.78, 5) is 0.244. The molecule has 0 spiro atoms. The van der Waals surface area contributed by atoms with Crippen LogP contribution < -0.4 is 0 Å². The van der Waals surface area contributed by atoms with E-state index < -0.39 is 25.9 Å². The Bertz CT molecular complexity index is 754. The number of hydrogen-bond donors (Lipinski definition) is 0. The highest BCUT2D eigenvalue weighted by Crippen LogP contribution is 2.26. The lowest BCUT2D eigenvalue weighted by Crippen LogP contribution is -2.41. The zero-order chi connectivity index (χ0) is 16.5. The van der Waals surface area contributed by atoms with Gasteiger partial charge in [-0.15, -0.1) is 0 Å². The molecule has 1 saturated heterocycles. The molecule has 0 aliphatic carbocycles. The van der Waals surface area contributed by atoms with Crippen molar-refractivity contribution in [1.82, 2.24) is 4.31 Å². The normalized spacial score (nSPS) is 21.4. The third kappa shape index (κ3) is 3.52. The van der Waals surface area contributed by atoms with Crippen LogP contribution in [0.2, 0.25) is 0 Å². The summed E-state index contributed by atoms with van der Waals surface area (Å²) >= 11 is 0. The van der Waals surface area contributed by atoms with Crippen LogP contribution in [-0.2, 0) is 19.9 Å². The van der Waals surface area contributed by atoms with Crippen molar-refractivity contribution in [1.29, 1.82) is 0 Å². The molecule has 0 aromatic heterocycles. The molecule has 1 aliphatic heterocycles. The van der Waals surface area contributed by atoms with Crippen LogP contribution in [0.15, 0.2) is 23.1 Å². The Kier molecular flexibility index (Phi) is 4.99. The fraction of sp³-hybridized carbons (Fsp3) is 0.600. The van der Waals surface area contributed by atoms with Gasteiger partial charge in [-0.3, -0.25) is 0 Å². The summed E-state index contributed by atoms with van der Waals surface area (Å²) in [7, 11) is -6.79. The van der Waals surface area contributed by atoms with Gasteiger partial charge in [-0.25, -0.2) is 16.8 Å². The molecule has 0 N–H and O–H groups in total. The van der Waals surface area contributed by atoms with Gasteiger partial charge < -0.3 is 0 Å². The minimum absolute atomic E-state index is 0.0698. The predicted octanol–water partition coefficient (Wildman–Crippen LogP) is 1.89. The monoisotopic (exact) mass is 345 g/mol. The zero-order valence-corrected chi connectivity index (χ0v) is 14.9. The standard InChI is InChI=1S/C15H23NO4S2/c1-4-8-16(14-7-9-21(17,18)11-14)22(19,20)15-6-5-12(2)13(3)10-15/h5-6,10,14H,4,7-9,11H2,1-3H3/t14-/m0/s1. The molecule has 1 fully saturated rings. The molecule has 0 amide bonds. The van der Waals surface area contributed by atoms with E-state index in [9.17, 15) is 16.8 Å². The van der Waals surface area contributed by atoms with Gasteiger partial charge in [0.25, 0.3) is 0 Å². The molecule has 1 heterocycles. The van der Waals surface area contributed by atoms with Crippen LogP contribution in [-0.4, -0.2) is 45.2 Å². The molecule has 124 valence electrons. The van der Waals surface area contributed by atoms with Crippen LogP contribution >= 0.6 is 0 Å². The molecule has 7 heteroatoms. The number of benzene rings is 1. The molecular weight excluding hydrogens is 322 g/mol. The van der Waals surface area contributed by atoms with E-state index in [1.165, 1.54) is 4.31 Å². The minimum atomic E-state index is -3.67. The molecule has 1 aromatic carbocycles. The van der Waals surface area contributed by atoms with Crippen LogP contribution in [0.25, 0.3) is 0 Å². The number of sulfone groups is 1. The number of rotatable bonds is 5. The van der Waals surface area contributed by atoms with Gasteiger partial charge in [0, 0.05) is 12.6 Å². The summed E-state index contributed by atoms with van der Waals surface area (Å²) in [6.07, 6.45) is 1.03. The summed E-state index contributed by atoms with van der Waals surface area (Å²) in [5.74, 6) is -0.00258. The molecule has 0 unspecified atom stereocenters. The van der Waals surface area contributed by atoms with E-state index in [0.717, 1.165) is 11.1 Å². The first-order valence-corrected chi connectivity index (χ1v) is 10.7. The highest BCUT2D eigenvalue weighted by molar-refractivity contribution is 7.92. The Balaban J connectivity index is 2.40. The maximum Gasteiger partial charge on any atom is 0.243 e. The lowest BCUT2D eigenvalue weighted by molar-refractivity contribution is 0.340. The fourth-order valence-electron chi connectivity index (χ4n) is 2.73. The fourth-order valence-corrected chi connectivity index (χ4v) is 6.39. The highest BCUT2D eigenvalue weighted by atomic mass is 32.2. The minimum Gasteiger partial charge on any atom is -0.229 e. The summed E-state index contributed by atoms with van der Waals surface area (Å²) in [6.45, 7) is 6.04. The molecule has 1 atom stereocenters. The second-order valence-electron chi connectivity index (χ2n) is 5.92. The molecule has 22 heavy (non-hydrogen) atoms. The highest BCUT2D eigenvalue weighted by Gasteiger charge is 2.38. The van der Waals surface area contributed by atoms with Gasteiger partial charge in [0.1, 0.15) is 0 Å². The largest absolute Gasteiger partial charge is 0.243 e. The first-order chi connectivity index (χ1) is 10.2. The van der Waals surface area contributed by atoms with E-state index in [1.807, 2.05) is 20.8 Å². The van der Waals surface area contributed by atoms with Crippen molar-refractivity contribution in [3.05, 3.63) is 29.3 Å². The van der Waals surface area contributed by atoms with E-state index in [1.54, 1.807) is 18.2 Å². The van der Waals surface area contributed by atoms with E-state index in [0.29, 0.717) is 19.4 Å². The smallest absolute Gasteiger partial charge is 0.229 e. The van der Waals surface area contributed by atoms with Crippen molar-refractivity contribution in [3.8, 4) is 0 Å². The van der Waals surface area contributed by atoms with Crippen LogP contribution in [0.3, 0.4) is 0 Å². The van der Waals surface area contributed by atoms with Gasteiger partial charge in [0.2, 0.25) is 10.0 Å². The van der Waals surface area contributed by atoms with Crippen LogP contribution in [0, 0.1) is 13.8 Å². The quantitative estimate of drug-likeness (QED) is 0.817. The molecular formula is C15H23NO4S2. The predicted molar refractivity (Wildman–Crippen MR) is 87.2 cm³/mol. The summed E-state index contributed by atoms with van der Waals surface area (Å²) < 4.78 is 50.6. The van der Waals surface area contributed by atoms with Gasteiger partial charge in [-0.2, -0.15) is 4.31 Å². The van der Waals surface area contributed by atoms with Crippen LogP contribution in [0.5, 0.6) is 0 Å². The van der Waals surface area contributed by atoms with Crippen molar-refractivity contribution < 1.29 is 16.8 Å². The Morgan fingerprint density at radius 1 is 1.23 bits per heavy atom. The average molecular weight is 345 g/mol. The first kappa shape index (κ1) is 17.4. The maximum absolute atomic E-state index is 12.9. The number of sulfonamides is 1. The lowest BCUT2D eigenvalue weighted by atomic mass is 10.1. The van der Waals surface area contributed by atoms with E-state index >= 15 is 0 Å². The van der Waals surface area contributed by atoms with Gasteiger partial charge in [-0.05, 0) is 49.9 Å². The Morgan fingerprint density at radius 3 is 2.41 bits per heavy atom. The molecule has 5 nitrogen and oxygen atoms in total. The second-order valence-corrected chi connectivity index (χ2v) is 10.0. The molecule has 1 aliphatic rings. The summed E-state index contributed by atoms with van der Waals surface area (Å²) in [5.41, 5.74) is 1.95. The summed E-state index contributed by atoms with van der Waals surface area (Å²) in [6, 6.07) is 4.61. The Labute approximate surface area is 133 Å². The number of hydrogen-bond acceptors (Lipinski definition) is 4. The third-order valence-electron chi connectivity index (χ3n) is 4.14. The Morgan fingerprint density at radius 2 is 1.91 bits per heavy atom. The van der Waals surface area contributed by atoms with Gasteiger partial charge in [0.15, 0.2) is 9.84 Å². The topological polar surface area (TPSA) is 71.5 Å².